The maximum atomic E-state index is 4.38. The number of para-hydroxylation sites is 1. The largest absolute Gasteiger partial charge is 0.345 e. The average molecular weight is 188 g/mol. The van der Waals surface area contributed by atoms with Crippen LogP contribution in [0.25, 0.3) is 11.0 Å². The third-order valence-corrected chi connectivity index (χ3v) is 3.06. The fraction of sp³-hybridized carbons (Fsp3) is 0.417. The van der Waals surface area contributed by atoms with Crippen molar-refractivity contribution in [2.45, 2.75) is 32.6 Å². The summed E-state index contributed by atoms with van der Waals surface area (Å²) in [6.45, 7) is 6.73. The summed E-state index contributed by atoms with van der Waals surface area (Å²) in [6.07, 6.45) is 2.89. The van der Waals surface area contributed by atoms with Crippen molar-refractivity contribution < 1.29 is 0 Å². The predicted molar refractivity (Wildman–Crippen MR) is 59.4 cm³/mol. The summed E-state index contributed by atoms with van der Waals surface area (Å²) in [6, 6.07) is 6.33. The van der Waals surface area contributed by atoms with Gasteiger partial charge in [0.15, 0.2) is 0 Å². The molecule has 0 aliphatic carbocycles. The third-order valence-electron chi connectivity index (χ3n) is 3.06. The lowest BCUT2D eigenvalue weighted by molar-refractivity contribution is 0.510. The molecule has 1 heterocycles. The minimum atomic E-state index is 0.203. The fourth-order valence-corrected chi connectivity index (χ4v) is 1.70. The molecule has 0 bridgehead atoms. The summed E-state index contributed by atoms with van der Waals surface area (Å²) in [5.41, 5.74) is 3.77. The van der Waals surface area contributed by atoms with Crippen molar-refractivity contribution in [2.75, 3.05) is 0 Å². The van der Waals surface area contributed by atoms with Crippen LogP contribution in [0.4, 0.5) is 0 Å². The first kappa shape index (κ1) is 9.25. The predicted octanol–water partition coefficient (Wildman–Crippen LogP) is 3.25. The number of fused-ring (bicyclic) bond motifs is 1. The van der Waals surface area contributed by atoms with Gasteiger partial charge in [-0.3, -0.25) is 0 Å². The Morgan fingerprint density at radius 2 is 2.14 bits per heavy atom. The Hall–Kier alpha value is -1.31. The van der Waals surface area contributed by atoms with Crippen LogP contribution in [0.1, 0.15) is 32.8 Å². The molecule has 1 aromatic carbocycles. The number of aromatic amines is 1. The summed E-state index contributed by atoms with van der Waals surface area (Å²) in [7, 11) is 0. The van der Waals surface area contributed by atoms with Crippen LogP contribution in [0.5, 0.6) is 0 Å². The molecule has 1 N–H and O–H groups in total. The molecule has 0 spiro atoms. The Morgan fingerprint density at radius 1 is 1.36 bits per heavy atom. The second-order valence-corrected chi connectivity index (χ2v) is 4.34. The molecule has 1 aromatic heterocycles. The zero-order valence-electron chi connectivity index (χ0n) is 8.96. The second kappa shape index (κ2) is 3.12. The number of H-pyrrole nitrogens is 1. The lowest BCUT2D eigenvalue weighted by atomic mass is 9.81. The molecule has 14 heavy (non-hydrogen) atoms. The third kappa shape index (κ3) is 1.31. The fourth-order valence-electron chi connectivity index (χ4n) is 1.70. The summed E-state index contributed by atoms with van der Waals surface area (Å²) in [5, 5.41) is 0. The maximum Gasteiger partial charge on any atom is 0.0931 e. The summed E-state index contributed by atoms with van der Waals surface area (Å²) in [4.78, 5) is 7.52. The normalized spacial score (nSPS) is 12.2. The number of nitrogens with zero attached hydrogens (tertiary/aromatic N) is 1. The van der Waals surface area contributed by atoms with E-state index in [-0.39, 0.29) is 5.41 Å². The summed E-state index contributed by atoms with van der Waals surface area (Å²) >= 11 is 0. The van der Waals surface area contributed by atoms with Crippen LogP contribution in [0.2, 0.25) is 0 Å². The van der Waals surface area contributed by atoms with Crippen molar-refractivity contribution in [3.05, 3.63) is 30.1 Å². The van der Waals surface area contributed by atoms with Crippen LogP contribution in [-0.4, -0.2) is 9.97 Å². The molecule has 0 saturated carbocycles. The molecule has 0 saturated heterocycles. The molecule has 0 aliphatic heterocycles. The van der Waals surface area contributed by atoms with Crippen molar-refractivity contribution in [3.8, 4) is 0 Å². The van der Waals surface area contributed by atoms with Gasteiger partial charge < -0.3 is 4.98 Å². The number of aromatic nitrogens is 2. The standard InChI is InChI=1S/C12H16N2/c1-4-12(2,3)9-6-5-7-10-11(9)14-8-13-10/h5-8H,4H2,1-3H3,(H,13,14). The highest BCUT2D eigenvalue weighted by Gasteiger charge is 2.21. The Labute approximate surface area is 84.4 Å². The van der Waals surface area contributed by atoms with Crippen LogP contribution >= 0.6 is 0 Å². The van der Waals surface area contributed by atoms with E-state index in [1.165, 1.54) is 5.56 Å². The van der Waals surface area contributed by atoms with E-state index in [0.717, 1.165) is 17.5 Å². The second-order valence-electron chi connectivity index (χ2n) is 4.34. The van der Waals surface area contributed by atoms with Crippen molar-refractivity contribution in [1.29, 1.82) is 0 Å². The van der Waals surface area contributed by atoms with Gasteiger partial charge in [-0.05, 0) is 23.5 Å². The van der Waals surface area contributed by atoms with Gasteiger partial charge in [0.1, 0.15) is 0 Å². The van der Waals surface area contributed by atoms with Crippen molar-refractivity contribution in [3.63, 3.8) is 0 Å². The van der Waals surface area contributed by atoms with Gasteiger partial charge in [-0.25, -0.2) is 4.98 Å². The molecule has 0 amide bonds. The average Bonchev–Trinajstić information content (AvgIpc) is 2.64. The summed E-state index contributed by atoms with van der Waals surface area (Å²) in [5.74, 6) is 0. The van der Waals surface area contributed by atoms with Gasteiger partial charge in [-0.2, -0.15) is 0 Å². The first-order valence-corrected chi connectivity index (χ1v) is 5.08. The first-order chi connectivity index (χ1) is 6.65. The van der Waals surface area contributed by atoms with Gasteiger partial charge in [-0.1, -0.05) is 32.9 Å². The zero-order valence-corrected chi connectivity index (χ0v) is 8.96. The minimum absolute atomic E-state index is 0.203. The Balaban J connectivity index is 2.67. The molecule has 0 unspecified atom stereocenters. The monoisotopic (exact) mass is 188 g/mol. The minimum Gasteiger partial charge on any atom is -0.345 e. The van der Waals surface area contributed by atoms with E-state index in [4.69, 9.17) is 0 Å². The smallest absolute Gasteiger partial charge is 0.0931 e. The molecule has 0 atom stereocenters. The topological polar surface area (TPSA) is 28.7 Å². The van der Waals surface area contributed by atoms with Crippen molar-refractivity contribution >= 4 is 11.0 Å². The summed E-state index contributed by atoms with van der Waals surface area (Å²) < 4.78 is 0. The van der Waals surface area contributed by atoms with E-state index >= 15 is 0 Å². The first-order valence-electron chi connectivity index (χ1n) is 5.08. The SMILES string of the molecule is CCC(C)(C)c1cccc2[nH]cnc12. The molecular formula is C12H16N2. The number of nitrogens with one attached hydrogen (secondary N) is 1. The zero-order chi connectivity index (χ0) is 10.2. The lowest BCUT2D eigenvalue weighted by Crippen LogP contribution is -2.15. The van der Waals surface area contributed by atoms with Gasteiger partial charge in [0, 0.05) is 0 Å². The van der Waals surface area contributed by atoms with E-state index in [2.05, 4.69) is 48.9 Å². The van der Waals surface area contributed by atoms with E-state index in [0.29, 0.717) is 0 Å². The van der Waals surface area contributed by atoms with Gasteiger partial charge in [0.05, 0.1) is 17.4 Å². The van der Waals surface area contributed by atoms with E-state index in [9.17, 15) is 0 Å². The molecule has 2 rings (SSSR count). The molecule has 2 nitrogen and oxygen atoms in total. The van der Waals surface area contributed by atoms with Crippen molar-refractivity contribution in [2.24, 2.45) is 0 Å². The molecule has 2 heteroatoms. The van der Waals surface area contributed by atoms with Gasteiger partial charge in [0.25, 0.3) is 0 Å². The van der Waals surface area contributed by atoms with Gasteiger partial charge in [0.2, 0.25) is 0 Å². The molecule has 0 aliphatic rings. The molecule has 0 radical (unpaired) electrons. The van der Waals surface area contributed by atoms with Crippen LogP contribution in [-0.2, 0) is 5.41 Å². The van der Waals surface area contributed by atoms with Gasteiger partial charge in [-0.15, -0.1) is 0 Å². The van der Waals surface area contributed by atoms with E-state index in [1.807, 2.05) is 0 Å². The highest BCUT2D eigenvalue weighted by Crippen LogP contribution is 2.30. The van der Waals surface area contributed by atoms with Crippen LogP contribution in [0.3, 0.4) is 0 Å². The molecule has 0 fully saturated rings. The Morgan fingerprint density at radius 3 is 2.86 bits per heavy atom. The quantitative estimate of drug-likeness (QED) is 0.770. The van der Waals surface area contributed by atoms with E-state index in [1.54, 1.807) is 6.33 Å². The Bertz CT molecular complexity index is 440. The number of hydrogen-bond donors (Lipinski definition) is 1. The van der Waals surface area contributed by atoms with Crippen LogP contribution < -0.4 is 0 Å². The lowest BCUT2D eigenvalue weighted by Gasteiger charge is -2.23. The highest BCUT2D eigenvalue weighted by molar-refractivity contribution is 5.79. The molecular weight excluding hydrogens is 172 g/mol. The maximum absolute atomic E-state index is 4.38. The molecule has 74 valence electrons. The number of hydrogen-bond acceptors (Lipinski definition) is 1. The van der Waals surface area contributed by atoms with Crippen molar-refractivity contribution in [1.82, 2.24) is 9.97 Å². The van der Waals surface area contributed by atoms with E-state index < -0.39 is 0 Å². The molecule has 2 aromatic rings. The number of rotatable bonds is 2. The number of benzene rings is 1. The van der Waals surface area contributed by atoms with Gasteiger partial charge >= 0.3 is 0 Å². The number of imidazole rings is 1. The van der Waals surface area contributed by atoms with Crippen LogP contribution in [0.15, 0.2) is 24.5 Å². The Kier molecular flexibility index (Phi) is 2.06. The highest BCUT2D eigenvalue weighted by atomic mass is 14.9. The van der Waals surface area contributed by atoms with Crippen LogP contribution in [0, 0.1) is 0 Å².